The highest BCUT2D eigenvalue weighted by Crippen LogP contribution is 2.38. The minimum absolute atomic E-state index is 0.0484. The zero-order chi connectivity index (χ0) is 24.3. The minimum Gasteiger partial charge on any atom is -0.481 e. The molecule has 4 heterocycles. The topological polar surface area (TPSA) is 100 Å². The van der Waals surface area contributed by atoms with Gasteiger partial charge in [0, 0.05) is 56.3 Å². The number of nitrogens with two attached hydrogens (primary N) is 1. The molecule has 0 radical (unpaired) electrons. The number of hydrogen-bond donors (Lipinski definition) is 1. The second-order valence-electron chi connectivity index (χ2n) is 9.58. The fraction of sp³-hybridized carbons (Fsp3) is 0.423. The van der Waals surface area contributed by atoms with Gasteiger partial charge in [-0.2, -0.15) is 4.98 Å². The van der Waals surface area contributed by atoms with Crippen LogP contribution in [0.15, 0.2) is 36.4 Å². The molecule has 9 nitrogen and oxygen atoms in total. The molecular weight excluding hydrogens is 444 g/mol. The largest absolute Gasteiger partial charge is 0.481 e. The van der Waals surface area contributed by atoms with Crippen molar-refractivity contribution >= 4 is 28.0 Å². The highest BCUT2D eigenvalue weighted by atomic mass is 16.5. The summed E-state index contributed by atoms with van der Waals surface area (Å²) in [5, 5.41) is 1.00. The van der Waals surface area contributed by atoms with E-state index in [0.717, 1.165) is 53.0 Å². The van der Waals surface area contributed by atoms with Crippen molar-refractivity contribution < 1.29 is 14.3 Å². The van der Waals surface area contributed by atoms with Gasteiger partial charge in [-0.15, -0.1) is 0 Å². The van der Waals surface area contributed by atoms with E-state index < -0.39 is 0 Å². The van der Waals surface area contributed by atoms with Crippen LogP contribution in [0.2, 0.25) is 0 Å². The van der Waals surface area contributed by atoms with Gasteiger partial charge in [-0.1, -0.05) is 0 Å². The monoisotopic (exact) mass is 474 g/mol. The fourth-order valence-electron chi connectivity index (χ4n) is 5.83. The van der Waals surface area contributed by atoms with Gasteiger partial charge in [-0.05, 0) is 49.1 Å². The Hall–Kier alpha value is -3.43. The molecular formula is C26H30N6O3. The summed E-state index contributed by atoms with van der Waals surface area (Å²) in [6, 6.07) is 12.0. The lowest BCUT2D eigenvalue weighted by Crippen LogP contribution is -2.41. The lowest BCUT2D eigenvalue weighted by molar-refractivity contribution is 0.0701. The Kier molecular flexibility index (Phi) is 5.26. The van der Waals surface area contributed by atoms with Crippen LogP contribution in [0.5, 0.6) is 5.88 Å². The van der Waals surface area contributed by atoms with E-state index in [1.165, 1.54) is 0 Å². The molecule has 1 saturated heterocycles. The van der Waals surface area contributed by atoms with Crippen LogP contribution in [0.3, 0.4) is 0 Å². The first-order chi connectivity index (χ1) is 17.0. The predicted molar refractivity (Wildman–Crippen MR) is 133 cm³/mol. The van der Waals surface area contributed by atoms with E-state index in [0.29, 0.717) is 30.5 Å². The molecule has 3 aromatic heterocycles. The average Bonchev–Trinajstić information content (AvgIpc) is 3.61. The van der Waals surface area contributed by atoms with Gasteiger partial charge in [0.1, 0.15) is 5.65 Å². The molecule has 182 valence electrons. The van der Waals surface area contributed by atoms with Crippen LogP contribution in [-0.4, -0.2) is 69.4 Å². The van der Waals surface area contributed by atoms with Crippen molar-refractivity contribution in [2.75, 3.05) is 27.4 Å². The number of pyridine rings is 1. The predicted octanol–water partition coefficient (Wildman–Crippen LogP) is 2.81. The molecule has 2 bridgehead atoms. The number of fused-ring (bicyclic) bond motifs is 4. The third-order valence-electron chi connectivity index (χ3n) is 7.72. The maximum absolute atomic E-state index is 13.3. The quantitative estimate of drug-likeness (QED) is 0.461. The van der Waals surface area contributed by atoms with Crippen molar-refractivity contribution in [3.8, 4) is 17.4 Å². The Labute approximate surface area is 203 Å². The number of imidazole rings is 1. The van der Waals surface area contributed by atoms with Crippen LogP contribution in [0.4, 0.5) is 0 Å². The van der Waals surface area contributed by atoms with Crippen LogP contribution < -0.4 is 10.5 Å². The second-order valence-corrected chi connectivity index (χ2v) is 9.58. The van der Waals surface area contributed by atoms with Crippen molar-refractivity contribution in [3.63, 3.8) is 0 Å². The molecule has 3 unspecified atom stereocenters. The van der Waals surface area contributed by atoms with Gasteiger partial charge in [-0.25, -0.2) is 4.98 Å². The number of aromatic nitrogens is 4. The summed E-state index contributed by atoms with van der Waals surface area (Å²) in [5.41, 5.74) is 10.5. The van der Waals surface area contributed by atoms with Crippen LogP contribution in [0, 0.1) is 5.92 Å². The van der Waals surface area contributed by atoms with Gasteiger partial charge in [0.25, 0.3) is 5.91 Å². The van der Waals surface area contributed by atoms with Crippen molar-refractivity contribution in [1.29, 1.82) is 0 Å². The molecule has 2 N–H and O–H groups in total. The molecule has 2 fully saturated rings. The van der Waals surface area contributed by atoms with Gasteiger partial charge in [0.15, 0.2) is 5.82 Å². The Morgan fingerprint density at radius 2 is 2.00 bits per heavy atom. The lowest BCUT2D eigenvalue weighted by atomic mass is 10.1. The number of aryl methyl sites for hydroxylation is 1. The van der Waals surface area contributed by atoms with Crippen LogP contribution >= 0.6 is 0 Å². The summed E-state index contributed by atoms with van der Waals surface area (Å²) in [4.78, 5) is 24.9. The minimum atomic E-state index is 0.0484. The first kappa shape index (κ1) is 22.1. The molecule has 4 aromatic rings. The Morgan fingerprint density at radius 3 is 2.71 bits per heavy atom. The number of piperidine rings is 1. The summed E-state index contributed by atoms with van der Waals surface area (Å²) < 4.78 is 14.9. The zero-order valence-corrected chi connectivity index (χ0v) is 20.3. The number of hydrogen-bond acceptors (Lipinski definition) is 6. The van der Waals surface area contributed by atoms with Gasteiger partial charge in [0.05, 0.1) is 30.4 Å². The summed E-state index contributed by atoms with van der Waals surface area (Å²) in [7, 11) is 5.30. The number of amides is 1. The van der Waals surface area contributed by atoms with Gasteiger partial charge >= 0.3 is 0 Å². The maximum atomic E-state index is 13.3. The number of ether oxygens (including phenoxy) is 2. The van der Waals surface area contributed by atoms with E-state index >= 15 is 0 Å². The molecule has 1 aliphatic carbocycles. The van der Waals surface area contributed by atoms with Crippen LogP contribution in [0.25, 0.3) is 33.6 Å². The first-order valence-corrected chi connectivity index (χ1v) is 12.1. The molecule has 1 aliphatic heterocycles. The Bertz CT molecular complexity index is 1440. The SMILES string of the molecule is COCCn1c(-c2nc3cc(C(=O)N4CC5CCC4C5N)ccc3n2C)cc2ccc(OC)nc21. The van der Waals surface area contributed by atoms with Gasteiger partial charge < -0.3 is 29.2 Å². The second kappa shape index (κ2) is 8.35. The van der Waals surface area contributed by atoms with Crippen LogP contribution in [0.1, 0.15) is 23.2 Å². The van der Waals surface area contributed by atoms with Gasteiger partial charge in [0.2, 0.25) is 5.88 Å². The first-order valence-electron chi connectivity index (χ1n) is 12.1. The molecule has 9 heteroatoms. The molecule has 1 aromatic carbocycles. The van der Waals surface area contributed by atoms with Crippen molar-refractivity contribution in [2.45, 2.75) is 31.5 Å². The Balaban J connectivity index is 1.41. The van der Waals surface area contributed by atoms with E-state index in [2.05, 4.69) is 20.2 Å². The highest BCUT2D eigenvalue weighted by Gasteiger charge is 2.46. The molecule has 6 rings (SSSR count). The van der Waals surface area contributed by atoms with E-state index in [4.69, 9.17) is 20.2 Å². The number of nitrogens with zero attached hydrogens (tertiary/aromatic N) is 5. The Morgan fingerprint density at radius 1 is 1.14 bits per heavy atom. The van der Waals surface area contributed by atoms with E-state index in [9.17, 15) is 4.79 Å². The smallest absolute Gasteiger partial charge is 0.254 e. The number of carbonyl (C=O) groups excluding carboxylic acids is 1. The fourth-order valence-corrected chi connectivity index (χ4v) is 5.83. The summed E-state index contributed by atoms with van der Waals surface area (Å²) >= 11 is 0. The molecule has 35 heavy (non-hydrogen) atoms. The normalized spacial score (nSPS) is 21.5. The van der Waals surface area contributed by atoms with E-state index in [-0.39, 0.29) is 18.0 Å². The number of rotatable bonds is 6. The van der Waals surface area contributed by atoms with Crippen molar-refractivity contribution in [3.05, 3.63) is 42.0 Å². The number of benzene rings is 1. The number of likely N-dealkylation sites (tertiary alicyclic amines) is 1. The van der Waals surface area contributed by atoms with Gasteiger partial charge in [-0.3, -0.25) is 4.79 Å². The van der Waals surface area contributed by atoms with Crippen molar-refractivity contribution in [2.24, 2.45) is 18.7 Å². The highest BCUT2D eigenvalue weighted by molar-refractivity contribution is 5.98. The number of methoxy groups -OCH3 is 2. The molecule has 1 saturated carbocycles. The third kappa shape index (κ3) is 3.41. The van der Waals surface area contributed by atoms with Crippen LogP contribution in [-0.2, 0) is 18.3 Å². The molecule has 2 aliphatic rings. The molecule has 1 amide bonds. The summed E-state index contributed by atoms with van der Waals surface area (Å²) in [5.74, 6) is 1.84. The van der Waals surface area contributed by atoms with E-state index in [1.54, 1.807) is 14.2 Å². The average molecular weight is 475 g/mol. The number of carbonyl (C=O) groups is 1. The standard InChI is InChI=1S/C26H30N6O3/c1-30-19-7-4-16(26(33)32-14-17-5-8-20(32)23(17)27)12-18(19)28-25(30)21-13-15-6-9-22(35-3)29-24(15)31(21)10-11-34-2/h4,6-7,9,12-13,17,20,23H,5,8,10-11,14,27H2,1-3H3. The third-order valence-corrected chi connectivity index (χ3v) is 7.72. The van der Waals surface area contributed by atoms with E-state index in [1.807, 2.05) is 42.3 Å². The van der Waals surface area contributed by atoms with Crippen molar-refractivity contribution in [1.82, 2.24) is 24.0 Å². The molecule has 3 atom stereocenters. The molecule has 0 spiro atoms. The summed E-state index contributed by atoms with van der Waals surface area (Å²) in [6.07, 6.45) is 2.12. The lowest BCUT2D eigenvalue weighted by Gasteiger charge is -2.27. The maximum Gasteiger partial charge on any atom is 0.254 e. The zero-order valence-electron chi connectivity index (χ0n) is 20.3. The summed E-state index contributed by atoms with van der Waals surface area (Å²) in [6.45, 7) is 1.92.